The lowest BCUT2D eigenvalue weighted by Crippen LogP contribution is -2.21. The van der Waals surface area contributed by atoms with Gasteiger partial charge in [0.25, 0.3) is 0 Å². The Hall–Kier alpha value is 0.860. The third-order valence-electron chi connectivity index (χ3n) is 1.94. The van der Waals surface area contributed by atoms with Crippen LogP contribution in [0, 0.1) is 11.3 Å². The Morgan fingerprint density at radius 1 is 1.11 bits per heavy atom. The van der Waals surface area contributed by atoms with E-state index in [2.05, 4.69) is 46.2 Å². The van der Waals surface area contributed by atoms with Gasteiger partial charge in [-0.25, -0.2) is 0 Å². The molecule has 0 N–H and O–H groups in total. The molecule has 0 amide bonds. The Morgan fingerprint density at radius 2 is 1.44 bits per heavy atom. The lowest BCUT2D eigenvalue weighted by molar-refractivity contribution is 0.280. The van der Waals surface area contributed by atoms with Crippen LogP contribution >= 0.6 is 18.5 Å². The fraction of sp³-hybridized carbons (Fsp3) is 1.00. The molecule has 0 heterocycles. The highest BCUT2D eigenvalue weighted by Gasteiger charge is 2.22. The van der Waals surface area contributed by atoms with Crippen molar-refractivity contribution in [1.82, 2.24) is 0 Å². The third kappa shape index (κ3) is 3.54. The van der Waals surface area contributed by atoms with E-state index in [4.69, 9.17) is 0 Å². The van der Waals surface area contributed by atoms with Crippen LogP contribution in [0.3, 0.4) is 0 Å². The summed E-state index contributed by atoms with van der Waals surface area (Å²) in [6.07, 6.45) is 0. The van der Waals surface area contributed by atoms with Gasteiger partial charge in [-0.2, -0.15) is 0 Å². The van der Waals surface area contributed by atoms with E-state index in [0.29, 0.717) is 10.8 Å². The molecule has 0 bridgehead atoms. The maximum Gasteiger partial charge on any atom is -0.00875 e. The van der Waals surface area contributed by atoms with Crippen molar-refractivity contribution < 1.29 is 0 Å². The van der Waals surface area contributed by atoms with Crippen LogP contribution in [-0.2, 0) is 0 Å². The molecular formula is C7H18P2. The molecule has 0 aromatic heterocycles. The van der Waals surface area contributed by atoms with Crippen molar-refractivity contribution in [2.75, 3.05) is 0 Å². The molecule has 9 heavy (non-hydrogen) atoms. The van der Waals surface area contributed by atoms with Crippen molar-refractivity contribution in [3.8, 4) is 0 Å². The molecule has 0 radical (unpaired) electrons. The maximum absolute atomic E-state index is 2.82. The quantitative estimate of drug-likeness (QED) is 0.523. The van der Waals surface area contributed by atoms with Gasteiger partial charge in [-0.15, -0.1) is 18.5 Å². The van der Waals surface area contributed by atoms with Gasteiger partial charge < -0.3 is 0 Å². The van der Waals surface area contributed by atoms with Crippen molar-refractivity contribution in [2.24, 2.45) is 11.3 Å². The molecule has 0 aromatic rings. The zero-order valence-electron chi connectivity index (χ0n) is 6.81. The normalized spacial score (nSPS) is 16.3. The van der Waals surface area contributed by atoms with Crippen molar-refractivity contribution in [2.45, 2.75) is 33.1 Å². The van der Waals surface area contributed by atoms with Crippen LogP contribution in [0.1, 0.15) is 27.7 Å². The lowest BCUT2D eigenvalue weighted by atomic mass is 9.83. The van der Waals surface area contributed by atoms with E-state index < -0.39 is 0 Å². The van der Waals surface area contributed by atoms with Crippen LogP contribution in [0.15, 0.2) is 0 Å². The molecule has 3 unspecified atom stereocenters. The second-order valence-electron chi connectivity index (χ2n) is 3.73. The molecule has 0 aliphatic rings. The first-order valence-corrected chi connectivity index (χ1v) is 4.70. The van der Waals surface area contributed by atoms with Gasteiger partial charge in [0.15, 0.2) is 0 Å². The van der Waals surface area contributed by atoms with Crippen LogP contribution < -0.4 is 0 Å². The molecule has 0 fully saturated rings. The minimum atomic E-state index is 0.439. The van der Waals surface area contributed by atoms with E-state index in [0.717, 1.165) is 5.92 Å². The van der Waals surface area contributed by atoms with Gasteiger partial charge in [0, 0.05) is 0 Å². The predicted molar refractivity (Wildman–Crippen MR) is 51.8 cm³/mol. The zero-order valence-corrected chi connectivity index (χ0v) is 9.12. The van der Waals surface area contributed by atoms with Gasteiger partial charge in [-0.3, -0.25) is 0 Å². The number of rotatable bonds is 1. The molecule has 2 heteroatoms. The molecule has 0 spiro atoms. The SMILES string of the molecule is CC(C(P)P)C(C)(C)C. The fourth-order valence-electron chi connectivity index (χ4n) is 0.577. The van der Waals surface area contributed by atoms with E-state index in [1.807, 2.05) is 0 Å². The molecule has 0 aliphatic heterocycles. The van der Waals surface area contributed by atoms with Crippen LogP contribution in [-0.4, -0.2) is 5.40 Å². The van der Waals surface area contributed by atoms with Gasteiger partial charge in [0.2, 0.25) is 0 Å². The average molecular weight is 164 g/mol. The summed E-state index contributed by atoms with van der Waals surface area (Å²) in [6, 6.07) is 0. The Balaban J connectivity index is 3.88. The summed E-state index contributed by atoms with van der Waals surface area (Å²) in [7, 11) is 5.65. The molecule has 0 nitrogen and oxygen atoms in total. The zero-order chi connectivity index (χ0) is 7.65. The van der Waals surface area contributed by atoms with E-state index in [1.165, 1.54) is 0 Å². The molecule has 56 valence electrons. The van der Waals surface area contributed by atoms with Crippen LogP contribution in [0.5, 0.6) is 0 Å². The van der Waals surface area contributed by atoms with Gasteiger partial charge in [0.05, 0.1) is 0 Å². The average Bonchev–Trinajstić information content (AvgIpc) is 1.62. The van der Waals surface area contributed by atoms with Crippen LogP contribution in [0.4, 0.5) is 0 Å². The van der Waals surface area contributed by atoms with E-state index in [-0.39, 0.29) is 0 Å². The summed E-state index contributed by atoms with van der Waals surface area (Å²) in [5.74, 6) is 0.743. The second kappa shape index (κ2) is 3.31. The Labute approximate surface area is 63.6 Å². The highest BCUT2D eigenvalue weighted by molar-refractivity contribution is 7.37. The number of hydrogen-bond donors (Lipinski definition) is 0. The first-order valence-electron chi connectivity index (χ1n) is 3.37. The van der Waals surface area contributed by atoms with Crippen molar-refractivity contribution in [1.29, 1.82) is 0 Å². The van der Waals surface area contributed by atoms with Crippen molar-refractivity contribution in [3.63, 3.8) is 0 Å². The second-order valence-corrected chi connectivity index (χ2v) is 6.04. The fourth-order valence-corrected chi connectivity index (χ4v) is 1.73. The summed E-state index contributed by atoms with van der Waals surface area (Å²) in [5, 5.41) is 0.644. The first kappa shape index (κ1) is 9.86. The van der Waals surface area contributed by atoms with Crippen LogP contribution in [0.2, 0.25) is 0 Å². The molecule has 3 atom stereocenters. The minimum absolute atomic E-state index is 0.439. The lowest BCUT2D eigenvalue weighted by Gasteiger charge is -2.29. The number of hydrogen-bond acceptors (Lipinski definition) is 0. The standard InChI is InChI=1S/C7H18P2/c1-5(6(8)9)7(2,3)4/h5-6H,8-9H2,1-4H3. The molecular weight excluding hydrogens is 146 g/mol. The topological polar surface area (TPSA) is 0 Å². The highest BCUT2D eigenvalue weighted by atomic mass is 31.1. The monoisotopic (exact) mass is 164 g/mol. The molecule has 0 rings (SSSR count). The van der Waals surface area contributed by atoms with Gasteiger partial charge in [-0.05, 0) is 16.7 Å². The van der Waals surface area contributed by atoms with E-state index in [1.54, 1.807) is 0 Å². The molecule has 0 saturated carbocycles. The van der Waals surface area contributed by atoms with Gasteiger partial charge in [-0.1, -0.05) is 27.7 Å². The van der Waals surface area contributed by atoms with E-state index in [9.17, 15) is 0 Å². The van der Waals surface area contributed by atoms with E-state index >= 15 is 0 Å². The summed E-state index contributed by atoms with van der Waals surface area (Å²) >= 11 is 0. The Bertz CT molecular complexity index is 81.4. The predicted octanol–water partition coefficient (Wildman–Crippen LogP) is 2.74. The summed E-state index contributed by atoms with van der Waals surface area (Å²) in [5.41, 5.74) is 0.439. The summed E-state index contributed by atoms with van der Waals surface area (Å²) in [4.78, 5) is 0. The molecule has 0 aliphatic carbocycles. The van der Waals surface area contributed by atoms with Crippen LogP contribution in [0.25, 0.3) is 0 Å². The van der Waals surface area contributed by atoms with Crippen molar-refractivity contribution in [3.05, 3.63) is 0 Å². The third-order valence-corrected chi connectivity index (χ3v) is 3.10. The first-order chi connectivity index (χ1) is 3.85. The Kier molecular flexibility index (Phi) is 3.63. The minimum Gasteiger partial charge on any atom is -0.130 e. The van der Waals surface area contributed by atoms with Gasteiger partial charge >= 0.3 is 0 Å². The summed E-state index contributed by atoms with van der Waals surface area (Å²) in [6.45, 7) is 9.11. The van der Waals surface area contributed by atoms with Crippen molar-refractivity contribution >= 4 is 18.5 Å². The largest absolute Gasteiger partial charge is 0.130 e. The Morgan fingerprint density at radius 3 is 1.44 bits per heavy atom. The highest BCUT2D eigenvalue weighted by Crippen LogP contribution is 2.34. The molecule has 0 aromatic carbocycles. The summed E-state index contributed by atoms with van der Waals surface area (Å²) < 4.78 is 0. The maximum atomic E-state index is 2.82. The smallest absolute Gasteiger partial charge is 0.00875 e. The molecule has 0 saturated heterocycles. The van der Waals surface area contributed by atoms with Gasteiger partial charge in [0.1, 0.15) is 0 Å².